The van der Waals surface area contributed by atoms with Gasteiger partial charge in [-0.05, 0) is 0 Å². The topological polar surface area (TPSA) is 26.3 Å². The Kier molecular flexibility index (Phi) is 24.4. The Morgan fingerprint density at radius 1 is 0.593 bits per heavy atom. The summed E-state index contributed by atoms with van der Waals surface area (Å²) in [6.07, 6.45) is 25.0. The Labute approximate surface area is 181 Å². The van der Waals surface area contributed by atoms with E-state index in [1.807, 2.05) is 0 Å². The normalized spacial score (nSPS) is 11.2. The van der Waals surface area contributed by atoms with Crippen molar-refractivity contribution >= 4 is 5.97 Å². The molecule has 0 bridgehead atoms. The van der Waals surface area contributed by atoms with Crippen molar-refractivity contribution in [3.8, 4) is 0 Å². The van der Waals surface area contributed by atoms with E-state index < -0.39 is 0 Å². The number of alkyl halides is 2. The van der Waals surface area contributed by atoms with Gasteiger partial charge in [-0.1, -0.05) is 71.1 Å². The summed E-state index contributed by atoms with van der Waals surface area (Å²) in [5.41, 5.74) is 0. The van der Waals surface area contributed by atoms with Crippen molar-refractivity contribution in [2.24, 2.45) is 0 Å². The molecule has 0 heterocycles. The molecule has 0 saturated heterocycles. The van der Waals surface area contributed by atoms with Gasteiger partial charge in [-0.2, -0.15) is 0 Å². The van der Waals surface area contributed by atoms with Crippen molar-refractivity contribution in [2.75, 3.05) is 15.5 Å². The van der Waals surface area contributed by atoms with Gasteiger partial charge in [0.1, 0.15) is 0 Å². The summed E-state index contributed by atoms with van der Waals surface area (Å²) in [6, 6.07) is 0. The second-order valence-corrected chi connectivity index (χ2v) is 11.2. The van der Waals surface area contributed by atoms with Crippen molar-refractivity contribution in [3.05, 3.63) is 0 Å². The molecule has 0 aliphatic carbocycles. The quantitative estimate of drug-likeness (QED) is 0.0944. The standard InChI is InChI=1S/C24H48IO2/c1-3-5-6-7-8-9-10-11-12-13-14-15-16-17-18-19-20-21-22-27-24(26)23-25-4-2/h3-23H2,1-2H3/q-1. The first kappa shape index (κ1) is 27.2. The summed E-state index contributed by atoms with van der Waals surface area (Å²) in [7, 11) is 0. The van der Waals surface area contributed by atoms with Crippen LogP contribution in [0.4, 0.5) is 0 Å². The van der Waals surface area contributed by atoms with Crippen molar-refractivity contribution in [1.82, 2.24) is 0 Å². The van der Waals surface area contributed by atoms with Crippen LogP contribution in [0.1, 0.15) is 129 Å². The summed E-state index contributed by atoms with van der Waals surface area (Å²) < 4.78 is 7.14. The maximum atomic E-state index is 11.4. The third-order valence-corrected chi connectivity index (χ3v) is 7.39. The molecule has 0 radical (unpaired) electrons. The average Bonchev–Trinajstić information content (AvgIpc) is 2.68. The van der Waals surface area contributed by atoms with Gasteiger partial charge in [0.05, 0.1) is 0 Å². The average molecular weight is 496 g/mol. The predicted molar refractivity (Wildman–Crippen MR) is 115 cm³/mol. The molecule has 0 aromatic heterocycles. The van der Waals surface area contributed by atoms with Gasteiger partial charge in [0.2, 0.25) is 0 Å². The predicted octanol–water partition coefficient (Wildman–Crippen LogP) is 4.68. The Morgan fingerprint density at radius 3 is 1.33 bits per heavy atom. The molecule has 0 fully saturated rings. The van der Waals surface area contributed by atoms with E-state index in [0.717, 1.165) is 6.42 Å². The molecule has 0 spiro atoms. The van der Waals surface area contributed by atoms with Gasteiger partial charge in [0.25, 0.3) is 0 Å². The van der Waals surface area contributed by atoms with Crippen molar-refractivity contribution in [2.45, 2.75) is 129 Å². The van der Waals surface area contributed by atoms with Crippen LogP contribution in [0.15, 0.2) is 0 Å². The van der Waals surface area contributed by atoms with Crippen LogP contribution in [-0.2, 0) is 9.53 Å². The molecule has 0 atom stereocenters. The zero-order valence-corrected chi connectivity index (χ0v) is 20.7. The number of carbonyl (C=O) groups is 1. The van der Waals surface area contributed by atoms with Gasteiger partial charge in [-0.25, -0.2) is 0 Å². The Bertz CT molecular complexity index is 294. The van der Waals surface area contributed by atoms with Crippen LogP contribution >= 0.6 is 0 Å². The second-order valence-electron chi connectivity index (χ2n) is 7.82. The number of hydrogen-bond acceptors (Lipinski definition) is 2. The first-order valence-electron chi connectivity index (χ1n) is 12.0. The molecule has 0 aromatic carbocycles. The maximum absolute atomic E-state index is 11.4. The Balaban J connectivity index is 3.04. The van der Waals surface area contributed by atoms with E-state index in [9.17, 15) is 4.79 Å². The summed E-state index contributed by atoms with van der Waals surface area (Å²) in [5.74, 6) is 0.0385. The number of esters is 1. The monoisotopic (exact) mass is 495 g/mol. The van der Waals surface area contributed by atoms with Crippen molar-refractivity contribution in [3.63, 3.8) is 0 Å². The van der Waals surface area contributed by atoms with Crippen LogP contribution in [0.3, 0.4) is 0 Å². The number of hydrogen-bond donors (Lipinski definition) is 0. The van der Waals surface area contributed by atoms with Crippen molar-refractivity contribution in [1.29, 1.82) is 0 Å². The van der Waals surface area contributed by atoms with E-state index in [1.54, 1.807) is 0 Å². The van der Waals surface area contributed by atoms with Crippen LogP contribution in [0.5, 0.6) is 0 Å². The van der Waals surface area contributed by atoms with Gasteiger partial charge in [0, 0.05) is 0 Å². The molecule has 27 heavy (non-hydrogen) atoms. The van der Waals surface area contributed by atoms with Gasteiger partial charge >= 0.3 is 110 Å². The molecular formula is C24H48IO2-. The number of carbonyl (C=O) groups excluding carboxylic acids is 1. The third kappa shape index (κ3) is 24.2. The van der Waals surface area contributed by atoms with Crippen molar-refractivity contribution < 1.29 is 30.7 Å². The fraction of sp³-hybridized carbons (Fsp3) is 0.958. The zero-order chi connectivity index (χ0) is 19.8. The van der Waals surface area contributed by atoms with Crippen LogP contribution in [0.2, 0.25) is 0 Å². The van der Waals surface area contributed by atoms with E-state index in [4.69, 9.17) is 4.74 Å². The first-order chi connectivity index (χ1) is 13.3. The van der Waals surface area contributed by atoms with Crippen LogP contribution < -0.4 is 21.2 Å². The van der Waals surface area contributed by atoms with E-state index in [-0.39, 0.29) is 27.2 Å². The Hall–Kier alpha value is 0.200. The van der Waals surface area contributed by atoms with Gasteiger partial charge in [-0.15, -0.1) is 0 Å². The summed E-state index contributed by atoms with van der Waals surface area (Å²) >= 11 is 0.0641. The SMILES string of the molecule is CCCCCCCCCCCCCCCCCCCCOC(=O)C[I-]CC. The molecule has 0 rings (SSSR count). The van der Waals surface area contributed by atoms with Gasteiger partial charge < -0.3 is 0 Å². The molecule has 0 saturated carbocycles. The van der Waals surface area contributed by atoms with E-state index >= 15 is 0 Å². The number of ether oxygens (including phenoxy) is 1. The van der Waals surface area contributed by atoms with Crippen LogP contribution in [-0.4, -0.2) is 21.4 Å². The molecule has 0 N–H and O–H groups in total. The summed E-state index contributed by atoms with van der Waals surface area (Å²) in [6.45, 7) is 5.08. The molecule has 3 heteroatoms. The number of halogens is 1. The van der Waals surface area contributed by atoms with Gasteiger partial charge in [-0.3, -0.25) is 0 Å². The molecule has 164 valence electrons. The number of rotatable bonds is 22. The molecular weight excluding hydrogens is 447 g/mol. The van der Waals surface area contributed by atoms with E-state index in [2.05, 4.69) is 13.8 Å². The second kappa shape index (κ2) is 24.2. The molecule has 0 aliphatic heterocycles. The third-order valence-electron chi connectivity index (χ3n) is 5.15. The molecule has 0 amide bonds. The van der Waals surface area contributed by atoms with Crippen LogP contribution in [0.25, 0.3) is 0 Å². The van der Waals surface area contributed by atoms with E-state index in [1.165, 1.54) is 114 Å². The molecule has 2 nitrogen and oxygen atoms in total. The summed E-state index contributed by atoms with van der Waals surface area (Å²) in [4.78, 5) is 11.4. The molecule has 0 unspecified atom stereocenters. The van der Waals surface area contributed by atoms with Crippen LogP contribution in [0, 0.1) is 0 Å². The minimum atomic E-state index is 0.0385. The molecule has 0 aliphatic rings. The number of unbranched alkanes of at least 4 members (excludes halogenated alkanes) is 17. The zero-order valence-electron chi connectivity index (χ0n) is 18.5. The minimum absolute atomic E-state index is 0.0385. The van der Waals surface area contributed by atoms with E-state index in [0.29, 0.717) is 11.0 Å². The Morgan fingerprint density at radius 2 is 0.963 bits per heavy atom. The first-order valence-corrected chi connectivity index (χ1v) is 15.1. The fourth-order valence-corrected chi connectivity index (χ4v) is 4.60. The van der Waals surface area contributed by atoms with Gasteiger partial charge in [0.15, 0.2) is 0 Å². The summed E-state index contributed by atoms with van der Waals surface area (Å²) in [5, 5.41) is 0. The fourth-order valence-electron chi connectivity index (χ4n) is 3.40. The molecule has 0 aromatic rings.